The number of morpholine rings is 1. The molecule has 3 heterocycles. The Balaban J connectivity index is 1.54. The van der Waals surface area contributed by atoms with Crippen LogP contribution in [-0.4, -0.2) is 66.5 Å². The van der Waals surface area contributed by atoms with Crippen LogP contribution >= 0.6 is 0 Å². The fourth-order valence-corrected chi connectivity index (χ4v) is 3.81. The fraction of sp³-hybridized carbons (Fsp3) is 0.700. The SMILES string of the molecule is CC1CN(C(=O)c2ccc(N3CC(C)(F)C3)c(OCC3CC3)n2)CC(C)O1. The number of aromatic nitrogens is 1. The Hall–Kier alpha value is -1.89. The number of anilines is 1. The van der Waals surface area contributed by atoms with Crippen LogP contribution in [0, 0.1) is 5.92 Å². The number of amides is 1. The number of nitrogens with zero attached hydrogens (tertiary/aromatic N) is 3. The number of halogens is 1. The van der Waals surface area contributed by atoms with Crippen LogP contribution in [0.25, 0.3) is 0 Å². The second-order valence-corrected chi connectivity index (χ2v) is 8.51. The Morgan fingerprint density at radius 3 is 2.56 bits per heavy atom. The molecular weight excluding hydrogens is 349 g/mol. The number of carbonyl (C=O) groups excluding carboxylic acids is 1. The van der Waals surface area contributed by atoms with Gasteiger partial charge in [0.25, 0.3) is 5.91 Å². The smallest absolute Gasteiger partial charge is 0.272 e. The lowest BCUT2D eigenvalue weighted by atomic mass is 9.98. The van der Waals surface area contributed by atoms with Gasteiger partial charge in [-0.1, -0.05) is 0 Å². The molecule has 4 rings (SSSR count). The number of alkyl halides is 1. The van der Waals surface area contributed by atoms with Gasteiger partial charge >= 0.3 is 0 Å². The first-order valence-corrected chi connectivity index (χ1v) is 9.83. The van der Waals surface area contributed by atoms with Crippen molar-refractivity contribution in [1.82, 2.24) is 9.88 Å². The zero-order valence-electron chi connectivity index (χ0n) is 16.3. The summed E-state index contributed by atoms with van der Waals surface area (Å²) < 4.78 is 25.6. The lowest BCUT2D eigenvalue weighted by molar-refractivity contribution is -0.0587. The van der Waals surface area contributed by atoms with Gasteiger partial charge in [0.15, 0.2) is 0 Å². The minimum absolute atomic E-state index is 0.00544. The van der Waals surface area contributed by atoms with E-state index >= 15 is 0 Å². The van der Waals surface area contributed by atoms with E-state index in [9.17, 15) is 9.18 Å². The van der Waals surface area contributed by atoms with Gasteiger partial charge in [0.05, 0.1) is 31.9 Å². The van der Waals surface area contributed by atoms with Gasteiger partial charge in [-0.3, -0.25) is 4.79 Å². The van der Waals surface area contributed by atoms with Crippen LogP contribution in [0.5, 0.6) is 5.88 Å². The lowest BCUT2D eigenvalue weighted by Crippen LogP contribution is -2.57. The molecule has 1 saturated carbocycles. The summed E-state index contributed by atoms with van der Waals surface area (Å²) in [6.07, 6.45) is 2.35. The van der Waals surface area contributed by atoms with E-state index in [1.54, 1.807) is 17.9 Å². The summed E-state index contributed by atoms with van der Waals surface area (Å²) in [4.78, 5) is 21.2. The normalized spacial score (nSPS) is 27.3. The first-order chi connectivity index (χ1) is 12.8. The van der Waals surface area contributed by atoms with Gasteiger partial charge in [0.2, 0.25) is 5.88 Å². The van der Waals surface area contributed by atoms with E-state index in [1.165, 1.54) is 12.8 Å². The van der Waals surface area contributed by atoms with Gasteiger partial charge in [-0.15, -0.1) is 0 Å². The summed E-state index contributed by atoms with van der Waals surface area (Å²) in [5.74, 6) is 0.902. The highest BCUT2D eigenvalue weighted by molar-refractivity contribution is 5.93. The van der Waals surface area contributed by atoms with Crippen molar-refractivity contribution in [2.75, 3.05) is 37.7 Å². The van der Waals surface area contributed by atoms with E-state index in [0.29, 0.717) is 50.3 Å². The number of rotatable bonds is 5. The van der Waals surface area contributed by atoms with Crippen LogP contribution < -0.4 is 9.64 Å². The third-order valence-corrected chi connectivity index (χ3v) is 5.30. The fourth-order valence-electron chi connectivity index (χ4n) is 3.81. The van der Waals surface area contributed by atoms with Crippen LogP contribution in [0.3, 0.4) is 0 Å². The van der Waals surface area contributed by atoms with E-state index < -0.39 is 5.67 Å². The summed E-state index contributed by atoms with van der Waals surface area (Å²) >= 11 is 0. The second kappa shape index (κ2) is 6.93. The Bertz CT molecular complexity index is 704. The van der Waals surface area contributed by atoms with E-state index in [0.717, 1.165) is 5.69 Å². The summed E-state index contributed by atoms with van der Waals surface area (Å²) in [5.41, 5.74) is -0.0390. The van der Waals surface area contributed by atoms with E-state index in [1.807, 2.05) is 24.8 Å². The number of hydrogen-bond acceptors (Lipinski definition) is 5. The average Bonchev–Trinajstić information content (AvgIpc) is 3.40. The van der Waals surface area contributed by atoms with Crippen molar-refractivity contribution in [2.24, 2.45) is 5.92 Å². The molecule has 2 unspecified atom stereocenters. The molecule has 2 aliphatic heterocycles. The van der Waals surface area contributed by atoms with Crippen LogP contribution in [0.15, 0.2) is 12.1 Å². The largest absolute Gasteiger partial charge is 0.476 e. The standard InChI is InChI=1S/C20H28FN3O3/c1-13-8-23(9-14(2)27-13)19(25)16-6-7-17(24-11-20(3,21)12-24)18(22-16)26-10-15-4-5-15/h6-7,13-15H,4-5,8-12H2,1-3H3. The van der Waals surface area contributed by atoms with Crippen LogP contribution in [0.1, 0.15) is 44.1 Å². The number of hydrogen-bond donors (Lipinski definition) is 0. The third kappa shape index (κ3) is 4.18. The van der Waals surface area contributed by atoms with Gasteiger partial charge in [0, 0.05) is 13.1 Å². The lowest BCUT2D eigenvalue weighted by Gasteiger charge is -2.44. The van der Waals surface area contributed by atoms with Crippen molar-refractivity contribution < 1.29 is 18.7 Å². The quantitative estimate of drug-likeness (QED) is 0.790. The molecule has 1 amide bonds. The molecule has 1 aromatic rings. The van der Waals surface area contributed by atoms with Crippen LogP contribution in [0.2, 0.25) is 0 Å². The third-order valence-electron chi connectivity index (χ3n) is 5.30. The van der Waals surface area contributed by atoms with E-state index in [2.05, 4.69) is 4.98 Å². The molecule has 1 aromatic heterocycles. The molecule has 2 atom stereocenters. The van der Waals surface area contributed by atoms with Gasteiger partial charge in [0.1, 0.15) is 17.1 Å². The zero-order valence-corrected chi connectivity index (χ0v) is 16.3. The first-order valence-electron chi connectivity index (χ1n) is 9.83. The summed E-state index contributed by atoms with van der Waals surface area (Å²) in [7, 11) is 0. The maximum Gasteiger partial charge on any atom is 0.272 e. The van der Waals surface area contributed by atoms with Crippen LogP contribution in [0.4, 0.5) is 10.1 Å². The van der Waals surface area contributed by atoms with E-state index in [-0.39, 0.29) is 18.1 Å². The number of ether oxygens (including phenoxy) is 2. The monoisotopic (exact) mass is 377 g/mol. The van der Waals surface area contributed by atoms with Crippen molar-refractivity contribution in [3.8, 4) is 5.88 Å². The molecule has 0 spiro atoms. The van der Waals surface area contributed by atoms with Gasteiger partial charge < -0.3 is 19.3 Å². The molecule has 0 bridgehead atoms. The molecule has 3 fully saturated rings. The molecule has 0 aromatic carbocycles. The van der Waals surface area contributed by atoms with Crippen molar-refractivity contribution >= 4 is 11.6 Å². The van der Waals surface area contributed by atoms with E-state index in [4.69, 9.17) is 9.47 Å². The topological polar surface area (TPSA) is 54.9 Å². The first kappa shape index (κ1) is 18.5. The number of carbonyl (C=O) groups is 1. The van der Waals surface area contributed by atoms with Gasteiger partial charge in [-0.05, 0) is 51.7 Å². The molecule has 27 heavy (non-hydrogen) atoms. The molecule has 148 valence electrons. The molecule has 0 radical (unpaired) electrons. The summed E-state index contributed by atoms with van der Waals surface area (Å²) in [5, 5.41) is 0. The Morgan fingerprint density at radius 2 is 1.96 bits per heavy atom. The second-order valence-electron chi connectivity index (χ2n) is 8.51. The Kier molecular flexibility index (Phi) is 4.74. The molecule has 7 heteroatoms. The zero-order chi connectivity index (χ0) is 19.2. The van der Waals surface area contributed by atoms with Crippen LogP contribution in [-0.2, 0) is 4.74 Å². The predicted octanol–water partition coefficient (Wildman–Crippen LogP) is 2.67. The molecule has 3 aliphatic rings. The molecular formula is C20H28FN3O3. The predicted molar refractivity (Wildman–Crippen MR) is 100 cm³/mol. The molecule has 0 N–H and O–H groups in total. The Labute approximate surface area is 159 Å². The minimum atomic E-state index is -1.18. The van der Waals surface area contributed by atoms with Crippen molar-refractivity contribution in [2.45, 2.75) is 51.5 Å². The van der Waals surface area contributed by atoms with Crippen molar-refractivity contribution in [3.05, 3.63) is 17.8 Å². The van der Waals surface area contributed by atoms with Crippen molar-refractivity contribution in [3.63, 3.8) is 0 Å². The van der Waals surface area contributed by atoms with Crippen molar-refractivity contribution in [1.29, 1.82) is 0 Å². The minimum Gasteiger partial charge on any atom is -0.476 e. The number of pyridine rings is 1. The maximum absolute atomic E-state index is 13.9. The summed E-state index contributed by atoms with van der Waals surface area (Å²) in [6.45, 7) is 7.88. The highest BCUT2D eigenvalue weighted by Crippen LogP contribution is 2.37. The molecule has 1 aliphatic carbocycles. The van der Waals surface area contributed by atoms with Gasteiger partial charge in [-0.25, -0.2) is 9.37 Å². The Morgan fingerprint density at radius 1 is 1.30 bits per heavy atom. The highest BCUT2D eigenvalue weighted by Gasteiger charge is 2.40. The highest BCUT2D eigenvalue weighted by atomic mass is 19.1. The summed E-state index contributed by atoms with van der Waals surface area (Å²) in [6, 6.07) is 3.56. The average molecular weight is 377 g/mol. The molecule has 6 nitrogen and oxygen atoms in total. The maximum atomic E-state index is 13.9. The van der Waals surface area contributed by atoms with Gasteiger partial charge in [-0.2, -0.15) is 0 Å². The molecule has 2 saturated heterocycles.